The summed E-state index contributed by atoms with van der Waals surface area (Å²) in [5.74, 6) is 0. The maximum Gasteiger partial charge on any atom is 0.0295 e. The molecule has 0 saturated heterocycles. The Labute approximate surface area is 132 Å². The van der Waals surface area contributed by atoms with Crippen LogP contribution in [0.4, 0.5) is 0 Å². The molecule has 0 aromatic heterocycles. The van der Waals surface area contributed by atoms with Gasteiger partial charge in [-0.1, -0.05) is 76.6 Å². The highest BCUT2D eigenvalue weighted by Gasteiger charge is 2.12. The van der Waals surface area contributed by atoms with E-state index in [2.05, 4.69) is 83.5 Å². The molecule has 0 radical (unpaired) electrons. The van der Waals surface area contributed by atoms with E-state index in [4.69, 9.17) is 0 Å². The Kier molecular flexibility index (Phi) is 2.97. The molecular weight excluding hydrogens is 320 g/mol. The van der Waals surface area contributed by atoms with Gasteiger partial charge in [0, 0.05) is 5.33 Å². The average Bonchev–Trinajstić information content (AvgIpc) is 2.55. The molecule has 102 valence electrons. The molecule has 0 heterocycles. The van der Waals surface area contributed by atoms with Gasteiger partial charge in [-0.15, -0.1) is 0 Å². The molecular formula is C20H15Br. The molecule has 4 aromatic carbocycles. The summed E-state index contributed by atoms with van der Waals surface area (Å²) in [7, 11) is 0. The lowest BCUT2D eigenvalue weighted by atomic mass is 9.90. The maximum absolute atomic E-state index is 3.71. The first kappa shape index (κ1) is 12.8. The van der Waals surface area contributed by atoms with Crippen molar-refractivity contribution in [3.05, 3.63) is 71.8 Å². The van der Waals surface area contributed by atoms with Crippen molar-refractivity contribution < 1.29 is 0 Å². The highest BCUT2D eigenvalue weighted by molar-refractivity contribution is 9.08. The van der Waals surface area contributed by atoms with Gasteiger partial charge in [-0.25, -0.2) is 0 Å². The number of benzene rings is 4. The van der Waals surface area contributed by atoms with E-state index < -0.39 is 0 Å². The molecule has 0 aliphatic rings. The predicted octanol–water partition coefficient (Wildman–Crippen LogP) is 6.35. The molecule has 0 fully saturated rings. The SMILES string of the molecule is Cc1c2ccccc2c(CBr)c2c1ccc1ccccc12. The van der Waals surface area contributed by atoms with Crippen molar-refractivity contribution in [2.75, 3.05) is 0 Å². The molecule has 1 heteroatoms. The third kappa shape index (κ3) is 1.81. The lowest BCUT2D eigenvalue weighted by Crippen LogP contribution is -1.91. The lowest BCUT2D eigenvalue weighted by Gasteiger charge is -2.15. The fourth-order valence-corrected chi connectivity index (χ4v) is 3.98. The maximum atomic E-state index is 3.71. The Morgan fingerprint density at radius 3 is 2.14 bits per heavy atom. The molecule has 21 heavy (non-hydrogen) atoms. The minimum absolute atomic E-state index is 0.873. The van der Waals surface area contributed by atoms with E-state index in [0.717, 1.165) is 5.33 Å². The monoisotopic (exact) mass is 334 g/mol. The molecule has 4 aromatic rings. The summed E-state index contributed by atoms with van der Waals surface area (Å²) in [5, 5.41) is 8.99. The van der Waals surface area contributed by atoms with Gasteiger partial charge < -0.3 is 0 Å². The van der Waals surface area contributed by atoms with Crippen molar-refractivity contribution >= 4 is 48.2 Å². The van der Waals surface area contributed by atoms with Crippen molar-refractivity contribution in [2.24, 2.45) is 0 Å². The third-order valence-corrected chi connectivity index (χ3v) is 4.99. The van der Waals surface area contributed by atoms with Gasteiger partial charge in [-0.3, -0.25) is 0 Å². The van der Waals surface area contributed by atoms with Gasteiger partial charge in [0.1, 0.15) is 0 Å². The summed E-state index contributed by atoms with van der Waals surface area (Å²) in [5.41, 5.74) is 2.76. The third-order valence-electron chi connectivity index (χ3n) is 4.42. The molecule has 0 atom stereocenters. The van der Waals surface area contributed by atoms with Crippen LogP contribution >= 0.6 is 15.9 Å². The normalized spacial score (nSPS) is 11.5. The predicted molar refractivity (Wildman–Crippen MR) is 96.3 cm³/mol. The van der Waals surface area contributed by atoms with Gasteiger partial charge in [0.25, 0.3) is 0 Å². The van der Waals surface area contributed by atoms with Crippen LogP contribution in [0.25, 0.3) is 32.3 Å². The number of hydrogen-bond donors (Lipinski definition) is 0. The van der Waals surface area contributed by atoms with Crippen LogP contribution in [0.1, 0.15) is 11.1 Å². The molecule has 0 saturated carbocycles. The quantitative estimate of drug-likeness (QED) is 0.216. The summed E-state index contributed by atoms with van der Waals surface area (Å²) >= 11 is 3.71. The van der Waals surface area contributed by atoms with Crippen molar-refractivity contribution in [1.82, 2.24) is 0 Å². The largest absolute Gasteiger partial charge is 0.0876 e. The zero-order chi connectivity index (χ0) is 14.4. The number of aryl methyl sites for hydroxylation is 1. The van der Waals surface area contributed by atoms with E-state index in [0.29, 0.717) is 0 Å². The molecule has 0 amide bonds. The Bertz CT molecular complexity index is 983. The van der Waals surface area contributed by atoms with E-state index >= 15 is 0 Å². The summed E-state index contributed by atoms with van der Waals surface area (Å²) < 4.78 is 0. The smallest absolute Gasteiger partial charge is 0.0295 e. The summed E-state index contributed by atoms with van der Waals surface area (Å²) in [4.78, 5) is 0. The second-order valence-corrected chi connectivity index (χ2v) is 6.05. The zero-order valence-corrected chi connectivity index (χ0v) is 13.4. The topological polar surface area (TPSA) is 0 Å². The molecule has 0 unspecified atom stereocenters. The summed E-state index contributed by atoms with van der Waals surface area (Å²) in [6, 6.07) is 21.9. The summed E-state index contributed by atoms with van der Waals surface area (Å²) in [6.07, 6.45) is 0. The number of hydrogen-bond acceptors (Lipinski definition) is 0. The minimum atomic E-state index is 0.873. The van der Waals surface area contributed by atoms with E-state index in [1.165, 1.54) is 43.4 Å². The van der Waals surface area contributed by atoms with Crippen LogP contribution in [0.2, 0.25) is 0 Å². The first-order chi connectivity index (χ1) is 10.3. The van der Waals surface area contributed by atoms with Crippen molar-refractivity contribution in [3.8, 4) is 0 Å². The molecule has 0 spiro atoms. The van der Waals surface area contributed by atoms with Crippen molar-refractivity contribution in [3.63, 3.8) is 0 Å². The highest BCUT2D eigenvalue weighted by Crippen LogP contribution is 2.37. The van der Waals surface area contributed by atoms with Crippen LogP contribution in [0.5, 0.6) is 0 Å². The van der Waals surface area contributed by atoms with E-state index in [-0.39, 0.29) is 0 Å². The fourth-order valence-electron chi connectivity index (χ4n) is 3.40. The Balaban J connectivity index is 2.38. The number of halogens is 1. The minimum Gasteiger partial charge on any atom is -0.0876 e. The second kappa shape index (κ2) is 4.85. The number of alkyl halides is 1. The van der Waals surface area contributed by atoms with Gasteiger partial charge >= 0.3 is 0 Å². The van der Waals surface area contributed by atoms with E-state index in [1.54, 1.807) is 0 Å². The molecule has 0 aliphatic carbocycles. The molecule has 0 bridgehead atoms. The van der Waals surface area contributed by atoms with Gasteiger partial charge in [0.2, 0.25) is 0 Å². The molecule has 0 aliphatic heterocycles. The Morgan fingerprint density at radius 2 is 1.38 bits per heavy atom. The molecule has 0 nitrogen and oxygen atoms in total. The van der Waals surface area contributed by atoms with Crippen molar-refractivity contribution in [2.45, 2.75) is 12.3 Å². The van der Waals surface area contributed by atoms with E-state index in [9.17, 15) is 0 Å². The zero-order valence-electron chi connectivity index (χ0n) is 11.9. The van der Waals surface area contributed by atoms with Crippen LogP contribution in [-0.4, -0.2) is 0 Å². The van der Waals surface area contributed by atoms with Crippen molar-refractivity contribution in [1.29, 1.82) is 0 Å². The molecule has 0 N–H and O–H groups in total. The average molecular weight is 335 g/mol. The van der Waals surface area contributed by atoms with Crippen LogP contribution in [0, 0.1) is 6.92 Å². The van der Waals surface area contributed by atoms with E-state index in [1.807, 2.05) is 0 Å². The summed E-state index contributed by atoms with van der Waals surface area (Å²) in [6.45, 7) is 2.23. The number of fused-ring (bicyclic) bond motifs is 4. The van der Waals surface area contributed by atoms with Crippen LogP contribution in [0.3, 0.4) is 0 Å². The number of rotatable bonds is 1. The van der Waals surface area contributed by atoms with Gasteiger partial charge in [0.15, 0.2) is 0 Å². The highest BCUT2D eigenvalue weighted by atomic mass is 79.9. The molecule has 4 rings (SSSR count). The fraction of sp³-hybridized carbons (Fsp3) is 0.100. The lowest BCUT2D eigenvalue weighted by molar-refractivity contribution is 1.51. The van der Waals surface area contributed by atoms with Gasteiger partial charge in [0.05, 0.1) is 0 Å². The standard InChI is InChI=1S/C20H15Br/c1-13-15-7-4-5-9-18(15)19(12-21)20-16(13)11-10-14-6-2-3-8-17(14)20/h2-11H,12H2,1H3. The Morgan fingerprint density at radius 1 is 0.714 bits per heavy atom. The Hall–Kier alpha value is -1.86. The van der Waals surface area contributed by atoms with Gasteiger partial charge in [-0.2, -0.15) is 0 Å². The van der Waals surface area contributed by atoms with Crippen LogP contribution in [-0.2, 0) is 5.33 Å². The van der Waals surface area contributed by atoms with Crippen LogP contribution in [0.15, 0.2) is 60.7 Å². The van der Waals surface area contributed by atoms with Gasteiger partial charge in [-0.05, 0) is 50.4 Å². The first-order valence-corrected chi connectivity index (χ1v) is 8.31. The first-order valence-electron chi connectivity index (χ1n) is 7.19. The van der Waals surface area contributed by atoms with Crippen LogP contribution < -0.4 is 0 Å². The second-order valence-electron chi connectivity index (χ2n) is 5.49.